The molecule has 1 rings (SSSR count). The number of ether oxygens (including phenoxy) is 2. The minimum absolute atomic E-state index is 0.0151. The second-order valence-corrected chi connectivity index (χ2v) is 6.51. The lowest BCUT2D eigenvalue weighted by molar-refractivity contribution is -0.120. The third kappa shape index (κ3) is 6.28. The lowest BCUT2D eigenvalue weighted by Gasteiger charge is -2.15. The van der Waals surface area contributed by atoms with Gasteiger partial charge in [0.05, 0.1) is 25.3 Å². The first-order chi connectivity index (χ1) is 11.2. The van der Waals surface area contributed by atoms with Gasteiger partial charge in [0.2, 0.25) is 5.91 Å². The van der Waals surface area contributed by atoms with Crippen LogP contribution in [0.4, 0.5) is 0 Å². The second-order valence-electron chi connectivity index (χ2n) is 6.10. The van der Waals surface area contributed by atoms with Crippen molar-refractivity contribution in [1.29, 1.82) is 0 Å². The van der Waals surface area contributed by atoms with E-state index >= 15 is 0 Å². The summed E-state index contributed by atoms with van der Waals surface area (Å²) < 4.78 is 10.9. The molecule has 2 N–H and O–H groups in total. The SMILES string of the molecule is COc1cc(C(=O)NCC(=O)NC(C)C)cc(Cl)c1OCC(C)C. The fourth-order valence-corrected chi connectivity index (χ4v) is 2.14. The molecule has 1 aromatic rings. The number of benzene rings is 1. The van der Waals surface area contributed by atoms with E-state index in [2.05, 4.69) is 10.6 Å². The molecule has 0 saturated heterocycles. The summed E-state index contributed by atoms with van der Waals surface area (Å²) in [6, 6.07) is 3.05. The van der Waals surface area contributed by atoms with Crippen molar-refractivity contribution in [3.63, 3.8) is 0 Å². The molecule has 0 atom stereocenters. The lowest BCUT2D eigenvalue weighted by atomic mass is 10.1. The van der Waals surface area contributed by atoms with E-state index in [1.54, 1.807) is 0 Å². The van der Waals surface area contributed by atoms with Crippen LogP contribution in [0.15, 0.2) is 12.1 Å². The number of carbonyl (C=O) groups excluding carboxylic acids is 2. The molecule has 6 nitrogen and oxygen atoms in total. The van der Waals surface area contributed by atoms with Gasteiger partial charge in [-0.3, -0.25) is 9.59 Å². The molecule has 7 heteroatoms. The Labute approximate surface area is 147 Å². The standard InChI is InChI=1S/C17H25ClN2O4/c1-10(2)9-24-16-13(18)6-12(7-14(16)23-5)17(22)19-8-15(21)20-11(3)4/h6-7,10-11H,8-9H2,1-5H3,(H,19,22)(H,20,21). The second kappa shape index (κ2) is 9.37. The molecule has 134 valence electrons. The van der Waals surface area contributed by atoms with E-state index in [9.17, 15) is 9.59 Å². The summed E-state index contributed by atoms with van der Waals surface area (Å²) >= 11 is 6.21. The van der Waals surface area contributed by atoms with E-state index in [1.807, 2.05) is 27.7 Å². The van der Waals surface area contributed by atoms with Crippen molar-refractivity contribution in [1.82, 2.24) is 10.6 Å². The summed E-state index contributed by atoms with van der Waals surface area (Å²) in [5.74, 6) is 0.438. The van der Waals surface area contributed by atoms with E-state index in [1.165, 1.54) is 19.2 Å². The Hall–Kier alpha value is -1.95. The maximum Gasteiger partial charge on any atom is 0.251 e. The topological polar surface area (TPSA) is 76.7 Å². The molecule has 0 radical (unpaired) electrons. The Morgan fingerprint density at radius 2 is 1.88 bits per heavy atom. The molecule has 0 spiro atoms. The van der Waals surface area contributed by atoms with Crippen LogP contribution in [0.3, 0.4) is 0 Å². The van der Waals surface area contributed by atoms with Crippen molar-refractivity contribution in [2.24, 2.45) is 5.92 Å². The van der Waals surface area contributed by atoms with Crippen LogP contribution in [0.2, 0.25) is 5.02 Å². The van der Waals surface area contributed by atoms with Crippen LogP contribution < -0.4 is 20.1 Å². The normalized spacial score (nSPS) is 10.7. The van der Waals surface area contributed by atoms with Crippen molar-refractivity contribution in [2.45, 2.75) is 33.7 Å². The average Bonchev–Trinajstić information content (AvgIpc) is 2.49. The van der Waals surface area contributed by atoms with Gasteiger partial charge >= 0.3 is 0 Å². The Kier molecular flexibility index (Phi) is 7.85. The van der Waals surface area contributed by atoms with Crippen LogP contribution in [-0.4, -0.2) is 38.1 Å². The van der Waals surface area contributed by atoms with Gasteiger partial charge in [-0.05, 0) is 31.9 Å². The van der Waals surface area contributed by atoms with Crippen molar-refractivity contribution in [3.8, 4) is 11.5 Å². The van der Waals surface area contributed by atoms with Crippen LogP contribution in [0, 0.1) is 5.92 Å². The van der Waals surface area contributed by atoms with Gasteiger partial charge in [0.15, 0.2) is 11.5 Å². The Bertz CT molecular complexity index is 588. The number of halogens is 1. The molecule has 0 unspecified atom stereocenters. The van der Waals surface area contributed by atoms with Gasteiger partial charge in [-0.2, -0.15) is 0 Å². The van der Waals surface area contributed by atoms with Gasteiger partial charge in [-0.25, -0.2) is 0 Å². The van der Waals surface area contributed by atoms with Crippen molar-refractivity contribution in [2.75, 3.05) is 20.3 Å². The number of methoxy groups -OCH3 is 1. The van der Waals surface area contributed by atoms with Crippen LogP contribution in [-0.2, 0) is 4.79 Å². The average molecular weight is 357 g/mol. The first-order valence-electron chi connectivity index (χ1n) is 7.82. The van der Waals surface area contributed by atoms with Crippen LogP contribution in [0.5, 0.6) is 11.5 Å². The third-order valence-corrected chi connectivity index (χ3v) is 3.19. The van der Waals surface area contributed by atoms with Gasteiger partial charge in [0.1, 0.15) is 0 Å². The largest absolute Gasteiger partial charge is 0.493 e. The van der Waals surface area contributed by atoms with Crippen molar-refractivity contribution < 1.29 is 19.1 Å². The molecular formula is C17H25ClN2O4. The fraction of sp³-hybridized carbons (Fsp3) is 0.529. The molecule has 1 aromatic carbocycles. The number of nitrogens with one attached hydrogen (secondary N) is 2. The Morgan fingerprint density at radius 1 is 1.21 bits per heavy atom. The van der Waals surface area contributed by atoms with Crippen LogP contribution in [0.1, 0.15) is 38.1 Å². The van der Waals surface area contributed by atoms with E-state index in [-0.39, 0.29) is 23.5 Å². The molecular weight excluding hydrogens is 332 g/mol. The minimum Gasteiger partial charge on any atom is -0.493 e. The Morgan fingerprint density at radius 3 is 2.42 bits per heavy atom. The molecule has 2 amide bonds. The number of amides is 2. The molecule has 0 fully saturated rings. The summed E-state index contributed by atoms with van der Waals surface area (Å²) in [6.07, 6.45) is 0. The summed E-state index contributed by atoms with van der Waals surface area (Å²) in [5.41, 5.74) is 0.297. The highest BCUT2D eigenvalue weighted by atomic mass is 35.5. The van der Waals surface area contributed by atoms with Gasteiger partial charge < -0.3 is 20.1 Å². The summed E-state index contributed by atoms with van der Waals surface area (Å²) in [4.78, 5) is 23.8. The minimum atomic E-state index is -0.412. The smallest absolute Gasteiger partial charge is 0.251 e. The molecule has 0 bridgehead atoms. The van der Waals surface area contributed by atoms with Crippen LogP contribution >= 0.6 is 11.6 Å². The maximum atomic E-state index is 12.2. The highest BCUT2D eigenvalue weighted by molar-refractivity contribution is 6.32. The fourth-order valence-electron chi connectivity index (χ4n) is 1.88. The number of hydrogen-bond acceptors (Lipinski definition) is 4. The van der Waals surface area contributed by atoms with Gasteiger partial charge in [-0.15, -0.1) is 0 Å². The van der Waals surface area contributed by atoms with E-state index in [0.29, 0.717) is 29.6 Å². The first kappa shape index (κ1) is 20.1. The molecule has 0 aliphatic carbocycles. The quantitative estimate of drug-likeness (QED) is 0.750. The highest BCUT2D eigenvalue weighted by Gasteiger charge is 2.17. The summed E-state index contributed by atoms with van der Waals surface area (Å²) in [5, 5.41) is 5.53. The van der Waals surface area contributed by atoms with E-state index in [0.717, 1.165) is 0 Å². The lowest BCUT2D eigenvalue weighted by Crippen LogP contribution is -2.39. The molecule has 0 aliphatic rings. The van der Waals surface area contributed by atoms with Crippen molar-refractivity contribution in [3.05, 3.63) is 22.7 Å². The molecule has 0 saturated carbocycles. The van der Waals surface area contributed by atoms with Crippen LogP contribution in [0.25, 0.3) is 0 Å². The zero-order valence-electron chi connectivity index (χ0n) is 14.7. The van der Waals surface area contributed by atoms with Crippen molar-refractivity contribution >= 4 is 23.4 Å². The summed E-state index contributed by atoms with van der Waals surface area (Å²) in [7, 11) is 1.48. The molecule has 24 heavy (non-hydrogen) atoms. The predicted octanol–water partition coefficient (Wildman–Crippen LogP) is 2.64. The third-order valence-electron chi connectivity index (χ3n) is 2.91. The first-order valence-corrected chi connectivity index (χ1v) is 8.20. The zero-order valence-corrected chi connectivity index (χ0v) is 15.5. The molecule has 0 aliphatic heterocycles. The summed E-state index contributed by atoms with van der Waals surface area (Å²) in [6.45, 7) is 8.11. The molecule has 0 aromatic heterocycles. The zero-order chi connectivity index (χ0) is 18.3. The van der Waals surface area contributed by atoms with Gasteiger partial charge in [-0.1, -0.05) is 25.4 Å². The van der Waals surface area contributed by atoms with Gasteiger partial charge in [0, 0.05) is 11.6 Å². The number of rotatable bonds is 8. The molecule has 0 heterocycles. The predicted molar refractivity (Wildman–Crippen MR) is 93.9 cm³/mol. The van der Waals surface area contributed by atoms with E-state index in [4.69, 9.17) is 21.1 Å². The van der Waals surface area contributed by atoms with E-state index < -0.39 is 5.91 Å². The maximum absolute atomic E-state index is 12.2. The number of carbonyl (C=O) groups is 2. The number of hydrogen-bond donors (Lipinski definition) is 2. The van der Waals surface area contributed by atoms with Gasteiger partial charge in [0.25, 0.3) is 5.91 Å². The highest BCUT2D eigenvalue weighted by Crippen LogP contribution is 2.36. The monoisotopic (exact) mass is 356 g/mol. The Balaban J connectivity index is 2.83.